The Hall–Kier alpha value is -0.500. The van der Waals surface area contributed by atoms with Crippen molar-refractivity contribution in [3.8, 4) is 0 Å². The van der Waals surface area contributed by atoms with Gasteiger partial charge in [-0.2, -0.15) is 0 Å². The smallest absolute Gasteiger partial charge is 0.0609 e. The van der Waals surface area contributed by atoms with Gasteiger partial charge in [0.1, 0.15) is 0 Å². The lowest BCUT2D eigenvalue weighted by Gasteiger charge is -2.29. The predicted molar refractivity (Wildman–Crippen MR) is 90.2 cm³/mol. The van der Waals surface area contributed by atoms with Gasteiger partial charge < -0.3 is 0 Å². The Kier molecular flexibility index (Phi) is 4.70. The fourth-order valence-electron chi connectivity index (χ4n) is 4.29. The standard InChI is InChI=1S/C18H27NS/c1-3-19-16(12-14-8-5-4-6-9-14)18-13(2)20-17-11-7-10-15(17)18/h3,14,16,18H,2,4-12H2,1H3/b19-3-. The number of hydrogen-bond acceptors (Lipinski definition) is 2. The minimum Gasteiger partial charge on any atom is -0.293 e. The van der Waals surface area contributed by atoms with Gasteiger partial charge in [0.25, 0.3) is 0 Å². The molecular weight excluding hydrogens is 262 g/mol. The van der Waals surface area contributed by atoms with Gasteiger partial charge in [0.15, 0.2) is 0 Å². The highest BCUT2D eigenvalue weighted by atomic mass is 32.2. The molecule has 110 valence electrons. The van der Waals surface area contributed by atoms with Crippen LogP contribution in [-0.2, 0) is 0 Å². The molecular formula is C18H27NS. The van der Waals surface area contributed by atoms with Gasteiger partial charge in [0.05, 0.1) is 6.04 Å². The fraction of sp³-hybridized carbons (Fsp3) is 0.722. The Balaban J connectivity index is 1.74. The molecule has 1 aliphatic heterocycles. The summed E-state index contributed by atoms with van der Waals surface area (Å²) in [4.78, 5) is 7.89. The molecule has 2 atom stereocenters. The molecule has 0 spiro atoms. The zero-order chi connectivity index (χ0) is 13.9. The summed E-state index contributed by atoms with van der Waals surface area (Å²) in [6.45, 7) is 6.43. The van der Waals surface area contributed by atoms with Crippen molar-refractivity contribution in [3.05, 3.63) is 22.0 Å². The molecule has 0 N–H and O–H groups in total. The van der Waals surface area contributed by atoms with Crippen molar-refractivity contribution in [1.82, 2.24) is 0 Å². The third-order valence-electron chi connectivity index (χ3n) is 5.21. The summed E-state index contributed by atoms with van der Waals surface area (Å²) in [5, 5.41) is 0. The number of nitrogens with zero attached hydrogens (tertiary/aromatic N) is 1. The summed E-state index contributed by atoms with van der Waals surface area (Å²) in [5.41, 5.74) is 1.70. The van der Waals surface area contributed by atoms with E-state index in [1.165, 1.54) is 62.7 Å². The Morgan fingerprint density at radius 2 is 2.05 bits per heavy atom. The van der Waals surface area contributed by atoms with Crippen LogP contribution >= 0.6 is 11.8 Å². The van der Waals surface area contributed by atoms with Crippen LogP contribution in [-0.4, -0.2) is 12.3 Å². The van der Waals surface area contributed by atoms with E-state index in [0.717, 1.165) is 5.92 Å². The van der Waals surface area contributed by atoms with Crippen molar-refractivity contribution in [3.63, 3.8) is 0 Å². The molecule has 1 fully saturated rings. The summed E-state index contributed by atoms with van der Waals surface area (Å²) < 4.78 is 0. The second-order valence-corrected chi connectivity index (χ2v) is 7.78. The van der Waals surface area contributed by atoms with Crippen LogP contribution in [0.4, 0.5) is 0 Å². The van der Waals surface area contributed by atoms with Gasteiger partial charge >= 0.3 is 0 Å². The summed E-state index contributed by atoms with van der Waals surface area (Å²) in [6.07, 6.45) is 14.4. The molecule has 2 heteroatoms. The normalized spacial score (nSPS) is 29.4. The number of hydrogen-bond donors (Lipinski definition) is 0. The lowest BCUT2D eigenvalue weighted by molar-refractivity contribution is 0.304. The molecule has 20 heavy (non-hydrogen) atoms. The van der Waals surface area contributed by atoms with Crippen LogP contribution in [0.3, 0.4) is 0 Å². The van der Waals surface area contributed by atoms with Crippen molar-refractivity contribution >= 4 is 18.0 Å². The van der Waals surface area contributed by atoms with E-state index in [1.807, 2.05) is 18.0 Å². The number of rotatable bonds is 4. The lowest BCUT2D eigenvalue weighted by atomic mass is 9.80. The van der Waals surface area contributed by atoms with E-state index in [2.05, 4.69) is 13.5 Å². The number of allylic oxidation sites excluding steroid dienone is 1. The van der Waals surface area contributed by atoms with Gasteiger partial charge in [0.2, 0.25) is 0 Å². The SMILES string of the molecule is C=C1SC2=C(CCC2)C1C(CC1CCCCC1)/N=C\C. The van der Waals surface area contributed by atoms with E-state index in [1.54, 1.807) is 10.5 Å². The minimum atomic E-state index is 0.466. The maximum Gasteiger partial charge on any atom is 0.0609 e. The minimum absolute atomic E-state index is 0.466. The zero-order valence-electron chi connectivity index (χ0n) is 12.7. The zero-order valence-corrected chi connectivity index (χ0v) is 13.6. The van der Waals surface area contributed by atoms with E-state index in [0.29, 0.717) is 12.0 Å². The Morgan fingerprint density at radius 1 is 1.25 bits per heavy atom. The van der Waals surface area contributed by atoms with E-state index in [4.69, 9.17) is 4.99 Å². The fourth-order valence-corrected chi connectivity index (χ4v) is 5.64. The van der Waals surface area contributed by atoms with Crippen LogP contribution in [0.1, 0.15) is 64.7 Å². The van der Waals surface area contributed by atoms with Crippen LogP contribution in [0, 0.1) is 11.8 Å². The summed E-state index contributed by atoms with van der Waals surface area (Å²) >= 11 is 1.97. The first kappa shape index (κ1) is 14.4. The maximum atomic E-state index is 4.88. The number of thioether (sulfide) groups is 1. The molecule has 0 aromatic heterocycles. The topological polar surface area (TPSA) is 12.4 Å². The molecule has 3 rings (SSSR count). The molecule has 1 heterocycles. The lowest BCUT2D eigenvalue weighted by Crippen LogP contribution is -2.24. The van der Waals surface area contributed by atoms with Gasteiger partial charge in [-0.3, -0.25) is 4.99 Å². The van der Waals surface area contributed by atoms with Crippen LogP contribution < -0.4 is 0 Å². The molecule has 0 aromatic carbocycles. The molecule has 0 amide bonds. The highest BCUT2D eigenvalue weighted by Gasteiger charge is 2.38. The maximum absolute atomic E-state index is 4.88. The van der Waals surface area contributed by atoms with E-state index in [9.17, 15) is 0 Å². The molecule has 1 nitrogen and oxygen atoms in total. The third kappa shape index (κ3) is 2.90. The Bertz CT molecular complexity index is 429. The van der Waals surface area contributed by atoms with E-state index < -0.39 is 0 Å². The predicted octanol–water partition coefficient (Wildman–Crippen LogP) is 5.73. The first-order valence-corrected chi connectivity index (χ1v) is 9.17. The molecule has 0 bridgehead atoms. The van der Waals surface area contributed by atoms with Crippen LogP contribution in [0.25, 0.3) is 0 Å². The molecule has 3 aliphatic rings. The Labute approximate surface area is 128 Å². The van der Waals surface area contributed by atoms with Crippen molar-refractivity contribution in [2.75, 3.05) is 0 Å². The average molecular weight is 289 g/mol. The Morgan fingerprint density at radius 3 is 2.80 bits per heavy atom. The third-order valence-corrected chi connectivity index (χ3v) is 6.44. The van der Waals surface area contributed by atoms with Crippen molar-refractivity contribution in [2.45, 2.75) is 70.8 Å². The second kappa shape index (κ2) is 6.51. The quantitative estimate of drug-likeness (QED) is 0.602. The van der Waals surface area contributed by atoms with Crippen molar-refractivity contribution < 1.29 is 0 Å². The number of aliphatic imine (C=N–C) groups is 1. The summed E-state index contributed by atoms with van der Waals surface area (Å²) in [6, 6.07) is 0.466. The highest BCUT2D eigenvalue weighted by Crippen LogP contribution is 2.54. The molecule has 0 radical (unpaired) electrons. The first-order valence-electron chi connectivity index (χ1n) is 8.36. The van der Waals surface area contributed by atoms with Crippen LogP contribution in [0.2, 0.25) is 0 Å². The highest BCUT2D eigenvalue weighted by molar-refractivity contribution is 8.07. The van der Waals surface area contributed by atoms with E-state index >= 15 is 0 Å². The van der Waals surface area contributed by atoms with Crippen LogP contribution in [0.5, 0.6) is 0 Å². The largest absolute Gasteiger partial charge is 0.293 e. The van der Waals surface area contributed by atoms with E-state index in [-0.39, 0.29) is 0 Å². The molecule has 2 unspecified atom stereocenters. The van der Waals surface area contributed by atoms with Crippen molar-refractivity contribution in [2.24, 2.45) is 16.8 Å². The molecule has 0 saturated heterocycles. The van der Waals surface area contributed by atoms with Gasteiger partial charge in [0, 0.05) is 5.92 Å². The molecule has 1 saturated carbocycles. The summed E-state index contributed by atoms with van der Waals surface area (Å²) in [5.74, 6) is 1.46. The van der Waals surface area contributed by atoms with Gasteiger partial charge in [-0.1, -0.05) is 56.0 Å². The molecule has 0 aromatic rings. The van der Waals surface area contributed by atoms with Gasteiger partial charge in [-0.05, 0) is 54.5 Å². The summed E-state index contributed by atoms with van der Waals surface area (Å²) in [7, 11) is 0. The van der Waals surface area contributed by atoms with Gasteiger partial charge in [-0.15, -0.1) is 0 Å². The average Bonchev–Trinajstić information content (AvgIpc) is 2.99. The molecule has 2 aliphatic carbocycles. The van der Waals surface area contributed by atoms with Crippen molar-refractivity contribution in [1.29, 1.82) is 0 Å². The van der Waals surface area contributed by atoms with Gasteiger partial charge in [-0.25, -0.2) is 0 Å². The van der Waals surface area contributed by atoms with Crippen LogP contribution in [0.15, 0.2) is 27.0 Å². The second-order valence-electron chi connectivity index (χ2n) is 6.56. The monoisotopic (exact) mass is 289 g/mol. The first-order chi connectivity index (χ1) is 9.79.